The van der Waals surface area contributed by atoms with E-state index in [9.17, 15) is 0 Å². The number of aromatic nitrogens is 3. The molecule has 3 rings (SSSR count). The highest BCUT2D eigenvalue weighted by atomic mass is 16.5. The molecule has 6 heteroatoms. The number of ether oxygens (including phenoxy) is 1. The Morgan fingerprint density at radius 1 is 0.962 bits per heavy atom. The van der Waals surface area contributed by atoms with Crippen LogP contribution in [0.15, 0.2) is 60.8 Å². The summed E-state index contributed by atoms with van der Waals surface area (Å²) in [5.74, 6) is 2.11. The molecule has 0 unspecified atom stereocenters. The largest absolute Gasteiger partial charge is 0.489 e. The number of benzene rings is 2. The van der Waals surface area contributed by atoms with E-state index in [2.05, 4.69) is 39.2 Å². The van der Waals surface area contributed by atoms with E-state index in [0.29, 0.717) is 12.6 Å². The van der Waals surface area contributed by atoms with Gasteiger partial charge in [0.2, 0.25) is 5.95 Å². The van der Waals surface area contributed by atoms with Crippen molar-refractivity contribution in [1.29, 1.82) is 0 Å². The molecule has 6 nitrogen and oxygen atoms in total. The third-order valence-corrected chi connectivity index (χ3v) is 3.99. The van der Waals surface area contributed by atoms with Gasteiger partial charge in [0.15, 0.2) is 5.82 Å². The van der Waals surface area contributed by atoms with Gasteiger partial charge >= 0.3 is 0 Å². The van der Waals surface area contributed by atoms with Gasteiger partial charge in [-0.1, -0.05) is 30.3 Å². The second kappa shape index (κ2) is 8.80. The summed E-state index contributed by atoms with van der Waals surface area (Å²) in [6, 6.07) is 17.8. The molecule has 0 radical (unpaired) electrons. The van der Waals surface area contributed by atoms with Gasteiger partial charge in [0.25, 0.3) is 0 Å². The van der Waals surface area contributed by atoms with Crippen LogP contribution in [0.5, 0.6) is 5.75 Å². The van der Waals surface area contributed by atoms with E-state index in [-0.39, 0.29) is 0 Å². The van der Waals surface area contributed by atoms with Crippen molar-refractivity contribution in [3.8, 4) is 5.75 Å². The Morgan fingerprint density at radius 2 is 1.69 bits per heavy atom. The van der Waals surface area contributed by atoms with Crippen molar-refractivity contribution in [3.05, 3.63) is 66.4 Å². The maximum absolute atomic E-state index is 5.80. The predicted molar refractivity (Wildman–Crippen MR) is 104 cm³/mol. The van der Waals surface area contributed by atoms with Gasteiger partial charge in [-0.05, 0) is 43.7 Å². The third-order valence-electron chi connectivity index (χ3n) is 3.99. The molecule has 0 amide bonds. The van der Waals surface area contributed by atoms with Gasteiger partial charge in [-0.25, -0.2) is 0 Å². The molecular formula is C20H23N5O. The molecule has 3 aromatic rings. The number of nitrogens with one attached hydrogen (secondary N) is 1. The molecule has 2 aromatic carbocycles. The lowest BCUT2D eigenvalue weighted by Crippen LogP contribution is -2.23. The number of hydrogen-bond acceptors (Lipinski definition) is 6. The number of hydrogen-bond donors (Lipinski definition) is 1. The van der Waals surface area contributed by atoms with Gasteiger partial charge in [0.05, 0.1) is 6.20 Å². The minimum absolute atomic E-state index is 0.479. The summed E-state index contributed by atoms with van der Waals surface area (Å²) in [6.07, 6.45) is 1.68. The predicted octanol–water partition coefficient (Wildman–Crippen LogP) is 4.04. The van der Waals surface area contributed by atoms with Crippen LogP contribution < -0.4 is 15.0 Å². The summed E-state index contributed by atoms with van der Waals surface area (Å²) >= 11 is 0. The van der Waals surface area contributed by atoms with Crippen LogP contribution in [-0.2, 0) is 6.61 Å². The Bertz CT molecular complexity index is 804. The summed E-state index contributed by atoms with van der Waals surface area (Å²) in [5, 5.41) is 11.3. The van der Waals surface area contributed by atoms with Crippen molar-refractivity contribution in [1.82, 2.24) is 15.2 Å². The van der Waals surface area contributed by atoms with E-state index in [1.165, 1.54) is 0 Å². The van der Waals surface area contributed by atoms with Gasteiger partial charge in [0, 0.05) is 18.8 Å². The van der Waals surface area contributed by atoms with E-state index in [1.54, 1.807) is 6.20 Å². The zero-order valence-corrected chi connectivity index (χ0v) is 15.1. The van der Waals surface area contributed by atoms with Gasteiger partial charge < -0.3 is 15.0 Å². The van der Waals surface area contributed by atoms with Crippen molar-refractivity contribution in [2.24, 2.45) is 0 Å². The van der Waals surface area contributed by atoms with Crippen LogP contribution >= 0.6 is 0 Å². The van der Waals surface area contributed by atoms with Crippen molar-refractivity contribution in [2.75, 3.05) is 23.3 Å². The molecule has 0 spiro atoms. The Morgan fingerprint density at radius 3 is 2.38 bits per heavy atom. The topological polar surface area (TPSA) is 63.2 Å². The lowest BCUT2D eigenvalue weighted by molar-refractivity contribution is 0.306. The smallest absolute Gasteiger partial charge is 0.249 e. The van der Waals surface area contributed by atoms with Crippen molar-refractivity contribution < 1.29 is 4.74 Å². The molecular weight excluding hydrogens is 326 g/mol. The van der Waals surface area contributed by atoms with Gasteiger partial charge in [-0.3, -0.25) is 0 Å². The molecule has 1 aromatic heterocycles. The fourth-order valence-corrected chi connectivity index (χ4v) is 2.55. The zero-order valence-electron chi connectivity index (χ0n) is 15.1. The normalized spacial score (nSPS) is 10.4. The first-order chi connectivity index (χ1) is 12.8. The fourth-order valence-electron chi connectivity index (χ4n) is 2.55. The summed E-state index contributed by atoms with van der Waals surface area (Å²) in [4.78, 5) is 6.64. The maximum atomic E-state index is 5.80. The van der Waals surface area contributed by atoms with Crippen molar-refractivity contribution in [3.63, 3.8) is 0 Å². The summed E-state index contributed by atoms with van der Waals surface area (Å²) in [6.45, 7) is 6.48. The molecule has 0 fully saturated rings. The standard InChI is InChI=1S/C20H23N5O/c1-3-25(4-2)19-14-21-24-20(23-19)22-17-10-12-18(13-11-17)26-15-16-8-6-5-7-9-16/h5-14H,3-4,15H2,1-2H3,(H,22,23,24). The second-order valence-corrected chi connectivity index (χ2v) is 5.73. The minimum Gasteiger partial charge on any atom is -0.489 e. The quantitative estimate of drug-likeness (QED) is 0.662. The number of anilines is 3. The maximum Gasteiger partial charge on any atom is 0.249 e. The van der Waals surface area contributed by atoms with Crippen molar-refractivity contribution >= 4 is 17.5 Å². The molecule has 1 heterocycles. The third kappa shape index (κ3) is 4.69. The Kier molecular flexibility index (Phi) is 5.98. The average Bonchev–Trinajstić information content (AvgIpc) is 2.70. The highest BCUT2D eigenvalue weighted by molar-refractivity contribution is 5.55. The van der Waals surface area contributed by atoms with E-state index < -0.39 is 0 Å². The molecule has 0 saturated heterocycles. The summed E-state index contributed by atoms with van der Waals surface area (Å²) in [7, 11) is 0. The molecule has 0 aliphatic carbocycles. The Hall–Kier alpha value is -3.15. The van der Waals surface area contributed by atoms with Crippen LogP contribution in [0.4, 0.5) is 17.5 Å². The van der Waals surface area contributed by atoms with Gasteiger partial charge in [0.1, 0.15) is 12.4 Å². The van der Waals surface area contributed by atoms with E-state index >= 15 is 0 Å². The monoisotopic (exact) mass is 349 g/mol. The first kappa shape index (κ1) is 17.7. The molecule has 1 N–H and O–H groups in total. The highest BCUT2D eigenvalue weighted by Crippen LogP contribution is 2.20. The van der Waals surface area contributed by atoms with Crippen LogP contribution in [0.25, 0.3) is 0 Å². The van der Waals surface area contributed by atoms with Crippen molar-refractivity contribution in [2.45, 2.75) is 20.5 Å². The molecule has 26 heavy (non-hydrogen) atoms. The van der Waals surface area contributed by atoms with E-state index in [4.69, 9.17) is 4.74 Å². The molecule has 0 atom stereocenters. The summed E-state index contributed by atoms with van der Waals surface area (Å²) < 4.78 is 5.80. The minimum atomic E-state index is 0.479. The SMILES string of the molecule is CCN(CC)c1cnnc(Nc2ccc(OCc3ccccc3)cc2)n1. The second-order valence-electron chi connectivity index (χ2n) is 5.73. The van der Waals surface area contributed by atoms with Crippen LogP contribution in [0, 0.1) is 0 Å². The Labute approximate surface area is 153 Å². The van der Waals surface area contributed by atoms with Gasteiger partial charge in [-0.2, -0.15) is 10.1 Å². The van der Waals surface area contributed by atoms with Crippen LogP contribution in [0.1, 0.15) is 19.4 Å². The van der Waals surface area contributed by atoms with Crippen LogP contribution in [0.3, 0.4) is 0 Å². The van der Waals surface area contributed by atoms with E-state index in [1.807, 2.05) is 54.6 Å². The lowest BCUT2D eigenvalue weighted by atomic mass is 10.2. The van der Waals surface area contributed by atoms with Crippen LogP contribution in [-0.4, -0.2) is 28.3 Å². The first-order valence-electron chi connectivity index (χ1n) is 8.77. The molecule has 134 valence electrons. The Balaban J connectivity index is 1.61. The zero-order chi connectivity index (χ0) is 18.2. The first-order valence-corrected chi connectivity index (χ1v) is 8.77. The summed E-state index contributed by atoms with van der Waals surface area (Å²) in [5.41, 5.74) is 2.03. The molecule has 0 saturated carbocycles. The number of nitrogens with zero attached hydrogens (tertiary/aromatic N) is 4. The number of rotatable bonds is 8. The van der Waals surface area contributed by atoms with Crippen LogP contribution in [0.2, 0.25) is 0 Å². The fraction of sp³-hybridized carbons (Fsp3) is 0.250. The average molecular weight is 349 g/mol. The van der Waals surface area contributed by atoms with E-state index in [0.717, 1.165) is 35.9 Å². The van der Waals surface area contributed by atoms with Gasteiger partial charge in [-0.15, -0.1) is 5.10 Å². The highest BCUT2D eigenvalue weighted by Gasteiger charge is 2.06. The molecule has 0 bridgehead atoms. The molecule has 0 aliphatic rings. The lowest BCUT2D eigenvalue weighted by Gasteiger charge is -2.19. The molecule has 0 aliphatic heterocycles.